The molecule has 2 heterocycles. The molecule has 1 aromatic heterocycles. The lowest BCUT2D eigenvalue weighted by Crippen LogP contribution is -1.96. The molecular formula is C15H14N2O3. The molecule has 0 saturated heterocycles. The van der Waals surface area contributed by atoms with Gasteiger partial charge in [0.1, 0.15) is 0 Å². The highest BCUT2D eigenvalue weighted by molar-refractivity contribution is 6.07. The summed E-state index contributed by atoms with van der Waals surface area (Å²) in [6, 6.07) is 7.10. The highest BCUT2D eigenvalue weighted by Gasteiger charge is 2.15. The van der Waals surface area contributed by atoms with Gasteiger partial charge in [0.15, 0.2) is 17.3 Å². The van der Waals surface area contributed by atoms with Crippen molar-refractivity contribution in [2.24, 2.45) is 7.05 Å². The molecule has 102 valence electrons. The molecule has 5 nitrogen and oxygen atoms in total. The third-order valence-corrected chi connectivity index (χ3v) is 3.10. The summed E-state index contributed by atoms with van der Waals surface area (Å²) in [7, 11) is 1.84. The summed E-state index contributed by atoms with van der Waals surface area (Å²) in [5.74, 6) is 1.20. The Labute approximate surface area is 116 Å². The van der Waals surface area contributed by atoms with Crippen LogP contribution in [0.5, 0.6) is 11.5 Å². The number of ether oxygens (including phenoxy) is 2. The maximum Gasteiger partial charge on any atom is 0.231 e. The smallest absolute Gasteiger partial charge is 0.231 e. The van der Waals surface area contributed by atoms with Crippen LogP contribution in [-0.4, -0.2) is 22.4 Å². The van der Waals surface area contributed by atoms with E-state index in [0.29, 0.717) is 17.1 Å². The number of carbonyl (C=O) groups is 1. The number of aromatic nitrogens is 2. The quantitative estimate of drug-likeness (QED) is 0.634. The zero-order valence-electron chi connectivity index (χ0n) is 11.3. The Kier molecular flexibility index (Phi) is 3.02. The summed E-state index contributed by atoms with van der Waals surface area (Å²) in [6.45, 7) is 2.12. The summed E-state index contributed by atoms with van der Waals surface area (Å²) in [6.07, 6.45) is 3.29. The third kappa shape index (κ3) is 2.30. The second kappa shape index (κ2) is 4.85. The van der Waals surface area contributed by atoms with Gasteiger partial charge in [-0.3, -0.25) is 9.48 Å². The highest BCUT2D eigenvalue weighted by atomic mass is 16.7. The Morgan fingerprint density at radius 3 is 2.85 bits per heavy atom. The Bertz CT molecular complexity index is 701. The van der Waals surface area contributed by atoms with Crippen LogP contribution >= 0.6 is 0 Å². The van der Waals surface area contributed by atoms with E-state index >= 15 is 0 Å². The normalized spacial score (nSPS) is 13.1. The molecule has 3 rings (SSSR count). The first-order valence-electron chi connectivity index (χ1n) is 6.26. The van der Waals surface area contributed by atoms with E-state index in [1.807, 2.05) is 20.0 Å². The average molecular weight is 270 g/mol. The number of hydrogen-bond acceptors (Lipinski definition) is 4. The zero-order chi connectivity index (χ0) is 14.1. The van der Waals surface area contributed by atoms with E-state index in [-0.39, 0.29) is 12.6 Å². The van der Waals surface area contributed by atoms with Crippen molar-refractivity contribution >= 4 is 11.9 Å². The topological polar surface area (TPSA) is 53.4 Å². The van der Waals surface area contributed by atoms with E-state index in [4.69, 9.17) is 9.47 Å². The molecule has 2 aromatic rings. The molecule has 0 radical (unpaired) electrons. The predicted octanol–water partition coefficient (Wildman–Crippen LogP) is 2.35. The number of benzene rings is 1. The zero-order valence-corrected chi connectivity index (χ0v) is 11.3. The van der Waals surface area contributed by atoms with Crippen LogP contribution in [0.1, 0.15) is 21.7 Å². The van der Waals surface area contributed by atoms with Gasteiger partial charge in [-0.15, -0.1) is 0 Å². The number of aryl methyl sites for hydroxylation is 2. The Hall–Kier alpha value is -2.56. The molecule has 0 atom stereocenters. The van der Waals surface area contributed by atoms with Crippen molar-refractivity contribution < 1.29 is 14.3 Å². The van der Waals surface area contributed by atoms with Crippen LogP contribution in [0.4, 0.5) is 0 Å². The van der Waals surface area contributed by atoms with E-state index in [1.165, 1.54) is 6.08 Å². The van der Waals surface area contributed by atoms with Crippen LogP contribution in [0, 0.1) is 6.92 Å². The summed E-state index contributed by atoms with van der Waals surface area (Å²) < 4.78 is 12.2. The number of carbonyl (C=O) groups excluding carboxylic acids is 1. The Balaban J connectivity index is 1.81. The van der Waals surface area contributed by atoms with Gasteiger partial charge in [-0.1, -0.05) is 0 Å². The summed E-state index contributed by atoms with van der Waals surface area (Å²) in [5.41, 5.74) is 2.38. The molecule has 0 fully saturated rings. The molecule has 1 aliphatic heterocycles. The lowest BCUT2D eigenvalue weighted by Gasteiger charge is -1.99. The fourth-order valence-corrected chi connectivity index (χ4v) is 2.09. The standard InChI is InChI=1S/C15H14N2O3/c1-10-7-12(17(2)16-10)4-5-13(18)11-3-6-14-15(8-11)20-9-19-14/h3-8H,9H2,1-2H3. The molecular weight excluding hydrogens is 256 g/mol. The highest BCUT2D eigenvalue weighted by Crippen LogP contribution is 2.32. The van der Waals surface area contributed by atoms with Gasteiger partial charge in [-0.2, -0.15) is 5.10 Å². The van der Waals surface area contributed by atoms with E-state index in [2.05, 4.69) is 5.10 Å². The Morgan fingerprint density at radius 2 is 2.10 bits per heavy atom. The van der Waals surface area contributed by atoms with Crippen LogP contribution in [0.25, 0.3) is 6.08 Å². The number of nitrogens with zero attached hydrogens (tertiary/aromatic N) is 2. The first kappa shape index (κ1) is 12.5. The number of rotatable bonds is 3. The van der Waals surface area contributed by atoms with Crippen molar-refractivity contribution in [3.8, 4) is 11.5 Å². The van der Waals surface area contributed by atoms with Gasteiger partial charge in [-0.05, 0) is 43.3 Å². The van der Waals surface area contributed by atoms with Gasteiger partial charge in [0, 0.05) is 12.6 Å². The van der Waals surface area contributed by atoms with Gasteiger partial charge in [0.05, 0.1) is 11.4 Å². The van der Waals surface area contributed by atoms with E-state index in [0.717, 1.165) is 11.4 Å². The van der Waals surface area contributed by atoms with Crippen molar-refractivity contribution in [2.45, 2.75) is 6.92 Å². The third-order valence-electron chi connectivity index (χ3n) is 3.10. The van der Waals surface area contributed by atoms with Gasteiger partial charge in [0.25, 0.3) is 0 Å². The number of hydrogen-bond donors (Lipinski definition) is 0. The van der Waals surface area contributed by atoms with Crippen LogP contribution in [0.15, 0.2) is 30.3 Å². The van der Waals surface area contributed by atoms with Gasteiger partial charge >= 0.3 is 0 Å². The number of ketones is 1. The van der Waals surface area contributed by atoms with Crippen molar-refractivity contribution in [3.05, 3.63) is 47.3 Å². The molecule has 0 N–H and O–H groups in total. The van der Waals surface area contributed by atoms with Crippen LogP contribution < -0.4 is 9.47 Å². The number of allylic oxidation sites excluding steroid dienone is 1. The van der Waals surface area contributed by atoms with Crippen molar-refractivity contribution in [2.75, 3.05) is 6.79 Å². The molecule has 1 aliphatic rings. The van der Waals surface area contributed by atoms with E-state index in [1.54, 1.807) is 29.0 Å². The fraction of sp³-hybridized carbons (Fsp3) is 0.200. The van der Waals surface area contributed by atoms with Crippen LogP contribution in [0.3, 0.4) is 0 Å². The molecule has 5 heteroatoms. The van der Waals surface area contributed by atoms with Crippen molar-refractivity contribution in [1.82, 2.24) is 9.78 Å². The molecule has 0 bridgehead atoms. The molecule has 0 unspecified atom stereocenters. The molecule has 1 aromatic carbocycles. The molecule has 0 spiro atoms. The minimum Gasteiger partial charge on any atom is -0.454 e. The summed E-state index contributed by atoms with van der Waals surface area (Å²) >= 11 is 0. The monoisotopic (exact) mass is 270 g/mol. The predicted molar refractivity (Wildman–Crippen MR) is 73.9 cm³/mol. The molecule has 20 heavy (non-hydrogen) atoms. The van der Waals surface area contributed by atoms with Crippen molar-refractivity contribution in [1.29, 1.82) is 0 Å². The van der Waals surface area contributed by atoms with Gasteiger partial charge in [-0.25, -0.2) is 0 Å². The summed E-state index contributed by atoms with van der Waals surface area (Å²) in [5, 5.41) is 4.23. The average Bonchev–Trinajstić information content (AvgIpc) is 3.01. The fourth-order valence-electron chi connectivity index (χ4n) is 2.09. The largest absolute Gasteiger partial charge is 0.454 e. The van der Waals surface area contributed by atoms with Gasteiger partial charge < -0.3 is 9.47 Å². The Morgan fingerprint density at radius 1 is 1.30 bits per heavy atom. The lowest BCUT2D eigenvalue weighted by atomic mass is 10.1. The van der Waals surface area contributed by atoms with Gasteiger partial charge in [0.2, 0.25) is 6.79 Å². The van der Waals surface area contributed by atoms with Crippen molar-refractivity contribution in [3.63, 3.8) is 0 Å². The molecule has 0 saturated carbocycles. The summed E-state index contributed by atoms with van der Waals surface area (Å²) in [4.78, 5) is 12.1. The minimum atomic E-state index is -0.0813. The maximum absolute atomic E-state index is 12.1. The molecule has 0 amide bonds. The SMILES string of the molecule is Cc1cc(C=CC(=O)c2ccc3c(c2)OCO3)n(C)n1. The van der Waals surface area contributed by atoms with E-state index < -0.39 is 0 Å². The van der Waals surface area contributed by atoms with E-state index in [9.17, 15) is 4.79 Å². The first-order chi connectivity index (χ1) is 9.63. The molecule has 0 aliphatic carbocycles. The minimum absolute atomic E-state index is 0.0813. The maximum atomic E-state index is 12.1. The second-order valence-corrected chi connectivity index (χ2v) is 4.60. The lowest BCUT2D eigenvalue weighted by molar-refractivity contribution is 0.104. The second-order valence-electron chi connectivity index (χ2n) is 4.60. The van der Waals surface area contributed by atoms with Crippen LogP contribution in [0.2, 0.25) is 0 Å². The van der Waals surface area contributed by atoms with Crippen LogP contribution in [-0.2, 0) is 7.05 Å². The number of fused-ring (bicyclic) bond motifs is 1. The first-order valence-corrected chi connectivity index (χ1v) is 6.26.